The van der Waals surface area contributed by atoms with E-state index in [4.69, 9.17) is 0 Å². The fourth-order valence-corrected chi connectivity index (χ4v) is 2.38. The normalized spacial score (nSPS) is 10.3. The minimum atomic E-state index is 1.11. The third-order valence-electron chi connectivity index (χ3n) is 1.34. The molecule has 2 nitrogen and oxygen atoms in total. The van der Waals surface area contributed by atoms with Crippen molar-refractivity contribution < 1.29 is 0 Å². The van der Waals surface area contributed by atoms with Crippen LogP contribution in [0.4, 0.5) is 0 Å². The predicted molar refractivity (Wildman–Crippen MR) is 49.1 cm³/mol. The summed E-state index contributed by atoms with van der Waals surface area (Å²) in [4.78, 5) is 3.97. The van der Waals surface area contributed by atoms with E-state index < -0.39 is 0 Å². The van der Waals surface area contributed by atoms with Crippen LogP contribution in [0.25, 0.3) is 5.00 Å². The first kappa shape index (κ1) is 7.06. The van der Waals surface area contributed by atoms with Crippen molar-refractivity contribution in [1.82, 2.24) is 9.55 Å². The van der Waals surface area contributed by atoms with Crippen LogP contribution in [0.15, 0.2) is 34.6 Å². The molecule has 0 atom stereocenters. The van der Waals surface area contributed by atoms with E-state index in [0.717, 1.165) is 4.47 Å². The number of imidazole rings is 1. The minimum Gasteiger partial charge on any atom is -0.297 e. The van der Waals surface area contributed by atoms with Gasteiger partial charge in [-0.2, -0.15) is 0 Å². The highest BCUT2D eigenvalue weighted by Crippen LogP contribution is 2.26. The van der Waals surface area contributed by atoms with Gasteiger partial charge in [0, 0.05) is 12.4 Å². The Bertz CT molecular complexity index is 339. The van der Waals surface area contributed by atoms with Crippen molar-refractivity contribution in [3.05, 3.63) is 34.6 Å². The third-order valence-corrected chi connectivity index (χ3v) is 3.17. The molecule has 0 aromatic carbocycles. The van der Waals surface area contributed by atoms with Gasteiger partial charge in [-0.25, -0.2) is 4.98 Å². The smallest absolute Gasteiger partial charge is 0.115 e. The Morgan fingerprint density at radius 3 is 3.00 bits per heavy atom. The standard InChI is InChI=1S/C7H5BrN2S/c8-6-1-4-11-7(6)10-3-2-9-5-10/h1-5H. The SMILES string of the molecule is Brc1ccsc1-n1ccnc1. The lowest BCUT2D eigenvalue weighted by molar-refractivity contribution is 1.08. The number of thiophene rings is 1. The molecule has 0 aliphatic rings. The summed E-state index contributed by atoms with van der Waals surface area (Å²) in [6.45, 7) is 0. The fourth-order valence-electron chi connectivity index (χ4n) is 0.849. The molecule has 0 aliphatic carbocycles. The van der Waals surface area contributed by atoms with Crippen LogP contribution in [-0.2, 0) is 0 Å². The van der Waals surface area contributed by atoms with Crippen molar-refractivity contribution in [2.75, 3.05) is 0 Å². The van der Waals surface area contributed by atoms with Gasteiger partial charge in [0.1, 0.15) is 5.00 Å². The van der Waals surface area contributed by atoms with Crippen molar-refractivity contribution in [2.24, 2.45) is 0 Å². The van der Waals surface area contributed by atoms with E-state index in [2.05, 4.69) is 20.9 Å². The molecule has 0 unspecified atom stereocenters. The van der Waals surface area contributed by atoms with Gasteiger partial charge in [-0.15, -0.1) is 11.3 Å². The zero-order valence-corrected chi connectivity index (χ0v) is 7.97. The molecule has 0 aliphatic heterocycles. The molecular formula is C7H5BrN2S. The average Bonchev–Trinajstić information content (AvgIpc) is 2.55. The second-order valence-electron chi connectivity index (χ2n) is 2.04. The van der Waals surface area contributed by atoms with E-state index in [1.807, 2.05) is 22.2 Å². The van der Waals surface area contributed by atoms with Crippen LogP contribution in [0.2, 0.25) is 0 Å². The van der Waals surface area contributed by atoms with Crippen molar-refractivity contribution in [3.8, 4) is 5.00 Å². The predicted octanol–water partition coefficient (Wildman–Crippen LogP) is 2.70. The van der Waals surface area contributed by atoms with E-state index in [0.29, 0.717) is 0 Å². The van der Waals surface area contributed by atoms with Gasteiger partial charge in [0.05, 0.1) is 10.8 Å². The van der Waals surface area contributed by atoms with E-state index in [1.54, 1.807) is 23.9 Å². The lowest BCUT2D eigenvalue weighted by atomic mass is 10.6. The Morgan fingerprint density at radius 2 is 2.45 bits per heavy atom. The molecule has 0 amide bonds. The molecule has 2 aromatic heterocycles. The van der Waals surface area contributed by atoms with E-state index in [-0.39, 0.29) is 0 Å². The fraction of sp³-hybridized carbons (Fsp3) is 0. The summed E-state index contributed by atoms with van der Waals surface area (Å²) < 4.78 is 3.09. The van der Waals surface area contributed by atoms with Crippen LogP contribution < -0.4 is 0 Å². The number of aromatic nitrogens is 2. The second kappa shape index (κ2) is 2.79. The largest absolute Gasteiger partial charge is 0.297 e. The Kier molecular flexibility index (Phi) is 1.79. The highest BCUT2D eigenvalue weighted by molar-refractivity contribution is 9.10. The maximum atomic E-state index is 3.97. The first-order valence-electron chi connectivity index (χ1n) is 3.09. The molecule has 2 heterocycles. The van der Waals surface area contributed by atoms with E-state index in [1.165, 1.54) is 5.00 Å². The maximum absolute atomic E-state index is 3.97. The van der Waals surface area contributed by atoms with Crippen LogP contribution in [0, 0.1) is 0 Å². The Balaban J connectivity index is 2.53. The van der Waals surface area contributed by atoms with Gasteiger partial charge >= 0.3 is 0 Å². The molecule has 0 bridgehead atoms. The molecule has 0 radical (unpaired) electrons. The van der Waals surface area contributed by atoms with Crippen molar-refractivity contribution in [3.63, 3.8) is 0 Å². The van der Waals surface area contributed by atoms with Gasteiger partial charge in [0.2, 0.25) is 0 Å². The molecule has 11 heavy (non-hydrogen) atoms. The number of nitrogens with zero attached hydrogens (tertiary/aromatic N) is 2. The highest BCUT2D eigenvalue weighted by atomic mass is 79.9. The molecular weight excluding hydrogens is 224 g/mol. The van der Waals surface area contributed by atoms with Crippen LogP contribution in [-0.4, -0.2) is 9.55 Å². The monoisotopic (exact) mass is 228 g/mol. The zero-order chi connectivity index (χ0) is 7.68. The summed E-state index contributed by atoms with van der Waals surface area (Å²) in [7, 11) is 0. The summed E-state index contributed by atoms with van der Waals surface area (Å²) in [5.74, 6) is 0. The van der Waals surface area contributed by atoms with Gasteiger partial charge in [0.25, 0.3) is 0 Å². The molecule has 2 rings (SSSR count). The van der Waals surface area contributed by atoms with Gasteiger partial charge in [0.15, 0.2) is 0 Å². The number of hydrogen-bond donors (Lipinski definition) is 0. The molecule has 56 valence electrons. The number of hydrogen-bond acceptors (Lipinski definition) is 2. The third kappa shape index (κ3) is 1.23. The molecule has 2 aromatic rings. The minimum absolute atomic E-state index is 1.11. The van der Waals surface area contributed by atoms with Crippen LogP contribution in [0.3, 0.4) is 0 Å². The van der Waals surface area contributed by atoms with Gasteiger partial charge in [-0.05, 0) is 27.4 Å². The van der Waals surface area contributed by atoms with Crippen molar-refractivity contribution in [2.45, 2.75) is 0 Å². The molecule has 0 saturated heterocycles. The molecule has 0 saturated carbocycles. The van der Waals surface area contributed by atoms with Gasteiger partial charge in [-0.3, -0.25) is 4.57 Å². The van der Waals surface area contributed by atoms with Crippen LogP contribution >= 0.6 is 27.3 Å². The van der Waals surface area contributed by atoms with Crippen molar-refractivity contribution in [1.29, 1.82) is 0 Å². The topological polar surface area (TPSA) is 17.8 Å². The summed E-state index contributed by atoms with van der Waals surface area (Å²) >= 11 is 5.13. The Hall–Kier alpha value is -0.610. The van der Waals surface area contributed by atoms with Gasteiger partial charge < -0.3 is 0 Å². The Morgan fingerprint density at radius 1 is 1.55 bits per heavy atom. The maximum Gasteiger partial charge on any atom is 0.115 e. The number of halogens is 1. The highest BCUT2D eigenvalue weighted by Gasteiger charge is 2.00. The van der Waals surface area contributed by atoms with Crippen LogP contribution in [0.1, 0.15) is 0 Å². The summed E-state index contributed by atoms with van der Waals surface area (Å²) in [6.07, 6.45) is 5.49. The van der Waals surface area contributed by atoms with Crippen molar-refractivity contribution >= 4 is 27.3 Å². The average molecular weight is 229 g/mol. The van der Waals surface area contributed by atoms with Crippen LogP contribution in [0.5, 0.6) is 0 Å². The lowest BCUT2D eigenvalue weighted by Crippen LogP contribution is -1.84. The second-order valence-corrected chi connectivity index (χ2v) is 3.79. The van der Waals surface area contributed by atoms with Gasteiger partial charge in [-0.1, -0.05) is 0 Å². The zero-order valence-electron chi connectivity index (χ0n) is 5.57. The number of rotatable bonds is 1. The summed E-state index contributed by atoms with van der Waals surface area (Å²) in [5.41, 5.74) is 0. The molecule has 0 N–H and O–H groups in total. The first-order chi connectivity index (χ1) is 5.38. The van der Waals surface area contributed by atoms with E-state index >= 15 is 0 Å². The summed E-state index contributed by atoms with van der Waals surface area (Å²) in [6, 6.07) is 2.03. The first-order valence-corrected chi connectivity index (χ1v) is 4.76. The quantitative estimate of drug-likeness (QED) is 0.735. The van der Waals surface area contributed by atoms with E-state index in [9.17, 15) is 0 Å². The molecule has 0 fully saturated rings. The molecule has 4 heteroatoms. The lowest BCUT2D eigenvalue weighted by Gasteiger charge is -1.95. The molecule has 0 spiro atoms. The Labute approximate surface area is 76.6 Å². The summed E-state index contributed by atoms with van der Waals surface area (Å²) in [5, 5.41) is 3.21.